The second-order valence-corrected chi connectivity index (χ2v) is 6.65. The third kappa shape index (κ3) is 4.43. The number of rotatable bonds is 7. The highest BCUT2D eigenvalue weighted by molar-refractivity contribution is 5.62. The van der Waals surface area contributed by atoms with Crippen LogP contribution in [0.25, 0.3) is 11.4 Å². The Hall–Kier alpha value is -3.06. The van der Waals surface area contributed by atoms with Gasteiger partial charge in [0.2, 0.25) is 5.95 Å². The number of nitrogens with one attached hydrogen (secondary N) is 2. The maximum Gasteiger partial charge on any atom is 0.246 e. The summed E-state index contributed by atoms with van der Waals surface area (Å²) in [6.07, 6.45) is 0.992. The molecular formula is C21H25N5O2. The molecule has 2 aromatic carbocycles. The van der Waals surface area contributed by atoms with Crippen LogP contribution in [0.15, 0.2) is 48.5 Å². The second-order valence-electron chi connectivity index (χ2n) is 6.65. The molecule has 1 saturated heterocycles. The van der Waals surface area contributed by atoms with E-state index in [-0.39, 0.29) is 0 Å². The molecule has 1 aromatic heterocycles. The first kappa shape index (κ1) is 18.3. The first-order chi connectivity index (χ1) is 13.8. The minimum Gasteiger partial charge on any atom is -0.494 e. The number of aromatic nitrogens is 3. The average Bonchev–Trinajstić information content (AvgIpc) is 3.22. The average molecular weight is 379 g/mol. The molecule has 4 rings (SSSR count). The summed E-state index contributed by atoms with van der Waals surface area (Å²) in [5, 5.41) is 10.5. The van der Waals surface area contributed by atoms with Crippen molar-refractivity contribution < 1.29 is 9.47 Å². The van der Waals surface area contributed by atoms with Crippen LogP contribution in [0.3, 0.4) is 0 Å². The van der Waals surface area contributed by atoms with Crippen molar-refractivity contribution >= 4 is 17.3 Å². The van der Waals surface area contributed by atoms with Gasteiger partial charge in [-0.05, 0) is 55.0 Å². The zero-order valence-electron chi connectivity index (χ0n) is 16.0. The zero-order chi connectivity index (χ0) is 19.2. The molecule has 0 atom stereocenters. The van der Waals surface area contributed by atoms with Crippen molar-refractivity contribution in [3.63, 3.8) is 0 Å². The molecule has 1 aliphatic heterocycles. The van der Waals surface area contributed by atoms with Crippen LogP contribution in [0.4, 0.5) is 17.3 Å². The first-order valence-electron chi connectivity index (χ1n) is 9.67. The fraction of sp³-hybridized carbons (Fsp3) is 0.333. The van der Waals surface area contributed by atoms with Gasteiger partial charge in [0.25, 0.3) is 0 Å². The van der Waals surface area contributed by atoms with Crippen LogP contribution < -0.4 is 15.0 Å². The van der Waals surface area contributed by atoms with E-state index < -0.39 is 0 Å². The van der Waals surface area contributed by atoms with Crippen molar-refractivity contribution in [2.45, 2.75) is 13.3 Å². The molecule has 0 unspecified atom stereocenters. The third-order valence-corrected chi connectivity index (χ3v) is 4.59. The van der Waals surface area contributed by atoms with Gasteiger partial charge in [0, 0.05) is 30.0 Å². The van der Waals surface area contributed by atoms with Gasteiger partial charge >= 0.3 is 0 Å². The van der Waals surface area contributed by atoms with E-state index in [1.807, 2.05) is 36.4 Å². The SMILES string of the molecule is CCCOc1ccc(-c2nc(Nc3ccc(N4CCOCC4)cc3)n[nH]2)cc1. The minimum atomic E-state index is 0.542. The number of benzene rings is 2. The Balaban J connectivity index is 1.39. The molecule has 0 radical (unpaired) electrons. The fourth-order valence-electron chi connectivity index (χ4n) is 3.08. The van der Waals surface area contributed by atoms with Gasteiger partial charge in [-0.25, -0.2) is 0 Å². The van der Waals surface area contributed by atoms with Gasteiger partial charge in [-0.1, -0.05) is 6.92 Å². The Morgan fingerprint density at radius 2 is 1.82 bits per heavy atom. The van der Waals surface area contributed by atoms with Crippen molar-refractivity contribution in [3.05, 3.63) is 48.5 Å². The summed E-state index contributed by atoms with van der Waals surface area (Å²) in [5.41, 5.74) is 3.12. The number of nitrogens with zero attached hydrogens (tertiary/aromatic N) is 3. The predicted octanol–water partition coefficient (Wildman–Crippen LogP) is 3.84. The molecule has 7 nitrogen and oxygen atoms in total. The number of morpholine rings is 1. The van der Waals surface area contributed by atoms with E-state index in [2.05, 4.69) is 44.5 Å². The lowest BCUT2D eigenvalue weighted by molar-refractivity contribution is 0.122. The Morgan fingerprint density at radius 3 is 2.54 bits per heavy atom. The van der Waals surface area contributed by atoms with E-state index in [4.69, 9.17) is 9.47 Å². The summed E-state index contributed by atoms with van der Waals surface area (Å²) in [4.78, 5) is 6.86. The molecule has 7 heteroatoms. The molecule has 3 aromatic rings. The molecule has 1 fully saturated rings. The summed E-state index contributed by atoms with van der Waals surface area (Å²) in [6.45, 7) is 6.24. The number of aromatic amines is 1. The molecule has 0 bridgehead atoms. The van der Waals surface area contributed by atoms with Crippen LogP contribution in [-0.2, 0) is 4.74 Å². The van der Waals surface area contributed by atoms with E-state index in [1.165, 1.54) is 5.69 Å². The van der Waals surface area contributed by atoms with Crippen LogP contribution in [0, 0.1) is 0 Å². The molecule has 2 N–H and O–H groups in total. The summed E-state index contributed by atoms with van der Waals surface area (Å²) in [6, 6.07) is 16.2. The van der Waals surface area contributed by atoms with Crippen LogP contribution in [0.2, 0.25) is 0 Å². The maximum absolute atomic E-state index is 5.61. The standard InChI is InChI=1S/C21H25N5O2/c1-2-13-28-19-9-3-16(4-10-19)20-23-21(25-24-20)22-17-5-7-18(8-6-17)26-11-14-27-15-12-26/h3-10H,2,11-15H2,1H3,(H2,22,23,24,25). The van der Waals surface area contributed by atoms with E-state index in [9.17, 15) is 0 Å². The molecule has 1 aliphatic rings. The molecule has 0 spiro atoms. The minimum absolute atomic E-state index is 0.542. The van der Waals surface area contributed by atoms with Gasteiger partial charge < -0.3 is 19.7 Å². The highest BCUT2D eigenvalue weighted by atomic mass is 16.5. The number of ether oxygens (including phenoxy) is 2. The number of anilines is 3. The van der Waals surface area contributed by atoms with E-state index in [0.717, 1.165) is 62.2 Å². The Bertz CT molecular complexity index is 871. The van der Waals surface area contributed by atoms with Crippen LogP contribution in [0.5, 0.6) is 5.75 Å². The summed E-state index contributed by atoms with van der Waals surface area (Å²) < 4.78 is 11.0. The molecule has 28 heavy (non-hydrogen) atoms. The van der Waals surface area contributed by atoms with Gasteiger partial charge in [-0.15, -0.1) is 5.10 Å². The first-order valence-corrected chi connectivity index (χ1v) is 9.67. The normalized spacial score (nSPS) is 14.1. The van der Waals surface area contributed by atoms with Crippen molar-refractivity contribution in [2.24, 2.45) is 0 Å². The topological polar surface area (TPSA) is 75.3 Å². The fourth-order valence-corrected chi connectivity index (χ4v) is 3.08. The predicted molar refractivity (Wildman–Crippen MR) is 110 cm³/mol. The molecule has 0 saturated carbocycles. The van der Waals surface area contributed by atoms with Gasteiger partial charge in [0.1, 0.15) is 5.75 Å². The van der Waals surface area contributed by atoms with Crippen LogP contribution >= 0.6 is 0 Å². The van der Waals surface area contributed by atoms with E-state index >= 15 is 0 Å². The largest absolute Gasteiger partial charge is 0.494 e. The highest BCUT2D eigenvalue weighted by Gasteiger charge is 2.11. The summed E-state index contributed by atoms with van der Waals surface area (Å²) in [5.74, 6) is 2.12. The van der Waals surface area contributed by atoms with Crippen LogP contribution in [-0.4, -0.2) is 48.1 Å². The van der Waals surface area contributed by atoms with Crippen LogP contribution in [0.1, 0.15) is 13.3 Å². The van der Waals surface area contributed by atoms with E-state index in [0.29, 0.717) is 5.95 Å². The quantitative estimate of drug-likeness (QED) is 0.650. The number of hydrogen-bond donors (Lipinski definition) is 2. The van der Waals surface area contributed by atoms with Gasteiger partial charge in [0.05, 0.1) is 19.8 Å². The Kier molecular flexibility index (Phi) is 5.72. The van der Waals surface area contributed by atoms with Gasteiger partial charge in [0.15, 0.2) is 5.82 Å². The molecule has 0 aliphatic carbocycles. The second kappa shape index (κ2) is 8.75. The lowest BCUT2D eigenvalue weighted by Gasteiger charge is -2.28. The maximum atomic E-state index is 5.61. The smallest absolute Gasteiger partial charge is 0.246 e. The Morgan fingerprint density at radius 1 is 1.07 bits per heavy atom. The van der Waals surface area contributed by atoms with Gasteiger partial charge in [-0.3, -0.25) is 5.10 Å². The van der Waals surface area contributed by atoms with Crippen molar-refractivity contribution in [3.8, 4) is 17.1 Å². The monoisotopic (exact) mass is 379 g/mol. The lowest BCUT2D eigenvalue weighted by atomic mass is 10.2. The summed E-state index contributed by atoms with van der Waals surface area (Å²) in [7, 11) is 0. The molecule has 146 valence electrons. The lowest BCUT2D eigenvalue weighted by Crippen LogP contribution is -2.36. The van der Waals surface area contributed by atoms with Crippen molar-refractivity contribution in [1.82, 2.24) is 15.2 Å². The molecule has 2 heterocycles. The third-order valence-electron chi connectivity index (χ3n) is 4.59. The molecular weight excluding hydrogens is 354 g/mol. The van der Waals surface area contributed by atoms with Crippen molar-refractivity contribution in [1.29, 1.82) is 0 Å². The summed E-state index contributed by atoms with van der Waals surface area (Å²) >= 11 is 0. The molecule has 0 amide bonds. The number of hydrogen-bond acceptors (Lipinski definition) is 6. The Labute approximate surface area is 164 Å². The highest BCUT2D eigenvalue weighted by Crippen LogP contribution is 2.23. The van der Waals surface area contributed by atoms with E-state index in [1.54, 1.807) is 0 Å². The zero-order valence-corrected chi connectivity index (χ0v) is 16.0. The van der Waals surface area contributed by atoms with Gasteiger partial charge in [-0.2, -0.15) is 4.98 Å². The van der Waals surface area contributed by atoms with Crippen molar-refractivity contribution in [2.75, 3.05) is 43.1 Å². The number of H-pyrrole nitrogens is 1.